The van der Waals surface area contributed by atoms with Gasteiger partial charge in [-0.1, -0.05) is 0 Å². The zero-order valence-corrected chi connectivity index (χ0v) is 14.8. The summed E-state index contributed by atoms with van der Waals surface area (Å²) in [6.07, 6.45) is 5.89. The summed E-state index contributed by atoms with van der Waals surface area (Å²) in [5, 5.41) is 4.18. The van der Waals surface area contributed by atoms with Gasteiger partial charge < -0.3 is 5.32 Å². The molecule has 2 atom stereocenters. The van der Waals surface area contributed by atoms with E-state index in [1.165, 1.54) is 37.3 Å². The number of thiazole rings is 1. The summed E-state index contributed by atoms with van der Waals surface area (Å²) in [6.45, 7) is 6.49. The molecule has 0 unspecified atom stereocenters. The van der Waals surface area contributed by atoms with Crippen LogP contribution in [0.5, 0.6) is 0 Å². The number of piperidine rings is 3. The molecule has 1 N–H and O–H groups in total. The number of hydrogen-bond donors (Lipinski definition) is 1. The van der Waals surface area contributed by atoms with Crippen LogP contribution in [0.3, 0.4) is 0 Å². The maximum Gasteiger partial charge on any atom is 0.263 e. The lowest BCUT2D eigenvalue weighted by Gasteiger charge is -2.49. The minimum Gasteiger partial charge on any atom is -0.347 e. The average Bonchev–Trinajstić information content (AvgIpc) is 3.01. The Morgan fingerprint density at radius 1 is 1.29 bits per heavy atom. The zero-order valence-electron chi connectivity index (χ0n) is 14.0. The molecule has 5 rings (SSSR count). The standard InChI is InChI=1S/C18H22N4OS/c1-11-16(24-18(20-11)14-3-7-19-8-4-14)17(23)21-15-12(2)22-9-5-13(15)6-10-22/h3-4,7-8,12-13,15H,5-6,9-10H2,1-2H3,(H,21,23)/t12-,15+/m1/s1. The number of carbonyl (C=O) groups excluding carboxylic acids is 1. The van der Waals surface area contributed by atoms with Crippen LogP contribution in [0.15, 0.2) is 24.5 Å². The van der Waals surface area contributed by atoms with Crippen LogP contribution in [-0.2, 0) is 0 Å². The lowest BCUT2D eigenvalue weighted by molar-refractivity contribution is 0.0218. The number of nitrogens with zero attached hydrogens (tertiary/aromatic N) is 3. The van der Waals surface area contributed by atoms with Crippen molar-refractivity contribution in [2.24, 2.45) is 5.92 Å². The van der Waals surface area contributed by atoms with E-state index in [-0.39, 0.29) is 11.9 Å². The second kappa shape index (κ2) is 6.26. The highest BCUT2D eigenvalue weighted by Crippen LogP contribution is 2.33. The number of aryl methyl sites for hydroxylation is 1. The van der Waals surface area contributed by atoms with E-state index in [2.05, 4.69) is 27.1 Å². The van der Waals surface area contributed by atoms with Crippen LogP contribution in [0, 0.1) is 12.8 Å². The summed E-state index contributed by atoms with van der Waals surface area (Å²) in [4.78, 5) is 24.7. The normalized spacial score (nSPS) is 28.8. The molecule has 3 saturated heterocycles. The average molecular weight is 342 g/mol. The third-order valence-corrected chi connectivity index (χ3v) is 6.61. The van der Waals surface area contributed by atoms with Crippen molar-refractivity contribution in [3.63, 3.8) is 0 Å². The van der Waals surface area contributed by atoms with Crippen LogP contribution in [0.25, 0.3) is 10.6 Å². The first-order valence-corrected chi connectivity index (χ1v) is 9.38. The highest BCUT2D eigenvalue weighted by molar-refractivity contribution is 7.17. The lowest BCUT2D eigenvalue weighted by Crippen LogP contribution is -2.62. The van der Waals surface area contributed by atoms with Gasteiger partial charge in [0.2, 0.25) is 0 Å². The quantitative estimate of drug-likeness (QED) is 0.932. The predicted molar refractivity (Wildman–Crippen MR) is 95.1 cm³/mol. The molecular formula is C18H22N4OS. The number of nitrogens with one attached hydrogen (secondary N) is 1. The van der Waals surface area contributed by atoms with Gasteiger partial charge >= 0.3 is 0 Å². The molecule has 6 heteroatoms. The molecule has 3 aliphatic rings. The first-order valence-electron chi connectivity index (χ1n) is 8.56. The van der Waals surface area contributed by atoms with Gasteiger partial charge in [-0.15, -0.1) is 11.3 Å². The summed E-state index contributed by atoms with van der Waals surface area (Å²) < 4.78 is 0. The van der Waals surface area contributed by atoms with E-state index in [0.717, 1.165) is 21.1 Å². The fraction of sp³-hybridized carbons (Fsp3) is 0.500. The molecule has 2 aromatic heterocycles. The van der Waals surface area contributed by atoms with Gasteiger partial charge in [0, 0.05) is 30.0 Å². The van der Waals surface area contributed by atoms with Gasteiger partial charge in [0.15, 0.2) is 0 Å². The number of fused-ring (bicyclic) bond motifs is 3. The molecular weight excluding hydrogens is 320 g/mol. The second-order valence-corrected chi connectivity index (χ2v) is 7.78. The smallest absolute Gasteiger partial charge is 0.263 e. The third kappa shape index (κ3) is 2.74. The molecule has 5 nitrogen and oxygen atoms in total. The lowest BCUT2D eigenvalue weighted by atomic mass is 9.79. The SMILES string of the molecule is Cc1nc(-c2ccncc2)sc1C(=O)N[C@@H]1C2CCN(CC2)[C@@H]1C. The monoisotopic (exact) mass is 342 g/mol. The van der Waals surface area contributed by atoms with Crippen molar-refractivity contribution in [3.05, 3.63) is 35.1 Å². The first-order chi connectivity index (χ1) is 11.6. The maximum atomic E-state index is 12.8. The number of carbonyl (C=O) groups is 1. The number of pyridine rings is 1. The van der Waals surface area contributed by atoms with Gasteiger partial charge in [-0.05, 0) is 57.8 Å². The van der Waals surface area contributed by atoms with Gasteiger partial charge in [-0.25, -0.2) is 4.98 Å². The molecule has 2 bridgehead atoms. The Morgan fingerprint density at radius 3 is 2.67 bits per heavy atom. The largest absolute Gasteiger partial charge is 0.347 e. The van der Waals surface area contributed by atoms with Crippen LogP contribution >= 0.6 is 11.3 Å². The van der Waals surface area contributed by atoms with Crippen molar-refractivity contribution in [3.8, 4) is 10.6 Å². The molecule has 24 heavy (non-hydrogen) atoms. The van der Waals surface area contributed by atoms with E-state index in [9.17, 15) is 4.79 Å². The Hall–Kier alpha value is -1.79. The van der Waals surface area contributed by atoms with Gasteiger partial charge in [-0.2, -0.15) is 0 Å². The summed E-state index contributed by atoms with van der Waals surface area (Å²) >= 11 is 1.47. The van der Waals surface area contributed by atoms with Crippen LogP contribution in [0.2, 0.25) is 0 Å². The molecule has 0 spiro atoms. The van der Waals surface area contributed by atoms with Crippen molar-refractivity contribution >= 4 is 17.2 Å². The van der Waals surface area contributed by atoms with E-state index in [4.69, 9.17) is 0 Å². The summed E-state index contributed by atoms with van der Waals surface area (Å²) in [5.74, 6) is 0.637. The van der Waals surface area contributed by atoms with Gasteiger partial charge in [0.1, 0.15) is 9.88 Å². The molecule has 0 saturated carbocycles. The first kappa shape index (κ1) is 15.7. The molecule has 3 aliphatic heterocycles. The van der Waals surface area contributed by atoms with Crippen LogP contribution < -0.4 is 5.32 Å². The molecule has 1 amide bonds. The van der Waals surface area contributed by atoms with Crippen LogP contribution in [-0.4, -0.2) is 45.9 Å². The number of amides is 1. The molecule has 2 aromatic rings. The van der Waals surface area contributed by atoms with Gasteiger partial charge in [0.05, 0.1) is 5.69 Å². The van der Waals surface area contributed by atoms with Crippen molar-refractivity contribution in [1.29, 1.82) is 0 Å². The van der Waals surface area contributed by atoms with E-state index >= 15 is 0 Å². The molecule has 5 heterocycles. The minimum atomic E-state index is 0.0240. The fourth-order valence-corrected chi connectivity index (χ4v) is 4.96. The van der Waals surface area contributed by atoms with E-state index in [1.807, 2.05) is 19.1 Å². The number of hydrogen-bond acceptors (Lipinski definition) is 5. The third-order valence-electron chi connectivity index (χ3n) is 5.41. The van der Waals surface area contributed by atoms with Crippen LogP contribution in [0.1, 0.15) is 35.1 Å². The highest BCUT2D eigenvalue weighted by Gasteiger charge is 2.40. The molecule has 0 aliphatic carbocycles. The summed E-state index contributed by atoms with van der Waals surface area (Å²) in [7, 11) is 0. The fourth-order valence-electron chi connectivity index (χ4n) is 3.99. The number of rotatable bonds is 3. The van der Waals surface area contributed by atoms with E-state index in [1.54, 1.807) is 12.4 Å². The molecule has 0 aromatic carbocycles. The number of aromatic nitrogens is 2. The predicted octanol–water partition coefficient (Wildman–Crippen LogP) is 2.73. The van der Waals surface area contributed by atoms with Crippen molar-refractivity contribution in [1.82, 2.24) is 20.2 Å². The van der Waals surface area contributed by atoms with Gasteiger partial charge in [0.25, 0.3) is 5.91 Å². The zero-order chi connectivity index (χ0) is 16.7. The van der Waals surface area contributed by atoms with Crippen molar-refractivity contribution in [2.45, 2.75) is 38.8 Å². The van der Waals surface area contributed by atoms with Crippen molar-refractivity contribution < 1.29 is 4.79 Å². The maximum absolute atomic E-state index is 12.8. The Balaban J connectivity index is 1.54. The summed E-state index contributed by atoms with van der Waals surface area (Å²) in [5.41, 5.74) is 1.81. The topological polar surface area (TPSA) is 58.1 Å². The Labute approximate surface area is 146 Å². The van der Waals surface area contributed by atoms with Crippen LogP contribution in [0.4, 0.5) is 0 Å². The van der Waals surface area contributed by atoms with E-state index < -0.39 is 0 Å². The molecule has 3 fully saturated rings. The molecule has 0 radical (unpaired) electrons. The second-order valence-electron chi connectivity index (χ2n) is 6.78. The highest BCUT2D eigenvalue weighted by atomic mass is 32.1. The van der Waals surface area contributed by atoms with Gasteiger partial charge in [-0.3, -0.25) is 14.7 Å². The molecule has 126 valence electrons. The Kier molecular flexibility index (Phi) is 4.10. The Bertz CT molecular complexity index is 735. The van der Waals surface area contributed by atoms with Crippen molar-refractivity contribution in [2.75, 3.05) is 13.1 Å². The minimum absolute atomic E-state index is 0.0240. The summed E-state index contributed by atoms with van der Waals surface area (Å²) in [6, 6.07) is 4.53. The van der Waals surface area contributed by atoms with E-state index in [0.29, 0.717) is 12.0 Å². The Morgan fingerprint density at radius 2 is 2.00 bits per heavy atom.